The van der Waals surface area contributed by atoms with E-state index in [2.05, 4.69) is 10.3 Å². The number of nitrogens with one attached hydrogen (secondary N) is 1. The minimum Gasteiger partial charge on any atom is -0.350 e. The molecule has 1 atom stereocenters. The van der Waals surface area contributed by atoms with Crippen molar-refractivity contribution in [2.75, 3.05) is 18.4 Å². The predicted octanol–water partition coefficient (Wildman–Crippen LogP) is 5.31. The van der Waals surface area contributed by atoms with Crippen molar-refractivity contribution in [3.05, 3.63) is 83.0 Å². The summed E-state index contributed by atoms with van der Waals surface area (Å²) in [5.41, 5.74) is 3.59. The number of aromatic nitrogens is 4. The lowest BCUT2D eigenvalue weighted by molar-refractivity contribution is 0.326. The van der Waals surface area contributed by atoms with Crippen LogP contribution in [0.2, 0.25) is 5.02 Å². The molecule has 1 N–H and O–H groups in total. The molecule has 196 valence electrons. The van der Waals surface area contributed by atoms with Crippen LogP contribution in [0, 0.1) is 11.3 Å². The highest BCUT2D eigenvalue weighted by Gasteiger charge is 2.30. The first kappa shape index (κ1) is 25.5. The van der Waals surface area contributed by atoms with Gasteiger partial charge in [0.05, 0.1) is 27.9 Å². The summed E-state index contributed by atoms with van der Waals surface area (Å²) in [5, 5.41) is 15.0. The summed E-state index contributed by atoms with van der Waals surface area (Å²) in [6.07, 6.45) is 5.12. The first-order valence-corrected chi connectivity index (χ1v) is 14.9. The maximum absolute atomic E-state index is 13.3. The predicted molar refractivity (Wildman–Crippen MR) is 151 cm³/mol. The van der Waals surface area contributed by atoms with Crippen molar-refractivity contribution in [1.82, 2.24) is 23.7 Å². The third-order valence-electron chi connectivity index (χ3n) is 6.60. The molecular formula is C27H22ClN7O2S2. The molecule has 3 aromatic heterocycles. The van der Waals surface area contributed by atoms with Gasteiger partial charge in [0.15, 0.2) is 4.96 Å². The van der Waals surface area contributed by atoms with Gasteiger partial charge in [-0.05, 0) is 55.3 Å². The SMILES string of the molecule is N#Cc1ccc(S(=O)(=O)N2CCC[C@@H](Nc3nccc(-c4c(-c5cccc(Cl)c5)nc5sccn45)n3)C2)cc1. The highest BCUT2D eigenvalue weighted by Crippen LogP contribution is 2.34. The van der Waals surface area contributed by atoms with E-state index in [1.165, 1.54) is 39.9 Å². The number of hydrogen-bond acceptors (Lipinski definition) is 8. The first-order chi connectivity index (χ1) is 18.9. The van der Waals surface area contributed by atoms with E-state index in [0.717, 1.165) is 28.3 Å². The third-order valence-corrected chi connectivity index (χ3v) is 9.47. The molecule has 2 aromatic carbocycles. The maximum Gasteiger partial charge on any atom is 0.243 e. The number of thiazole rings is 1. The Morgan fingerprint density at radius 1 is 1.13 bits per heavy atom. The molecule has 0 radical (unpaired) electrons. The fourth-order valence-corrected chi connectivity index (χ4v) is 7.17. The molecule has 1 fully saturated rings. The summed E-state index contributed by atoms with van der Waals surface area (Å²) < 4.78 is 30.0. The number of hydrogen-bond donors (Lipinski definition) is 1. The minimum atomic E-state index is -3.69. The molecule has 4 heterocycles. The van der Waals surface area contributed by atoms with Gasteiger partial charge in [-0.3, -0.25) is 4.40 Å². The zero-order chi connectivity index (χ0) is 27.0. The van der Waals surface area contributed by atoms with Crippen LogP contribution in [0.15, 0.2) is 77.3 Å². The van der Waals surface area contributed by atoms with Crippen molar-refractivity contribution >= 4 is 43.9 Å². The molecule has 6 rings (SSSR count). The number of rotatable bonds is 6. The van der Waals surface area contributed by atoms with E-state index < -0.39 is 10.0 Å². The smallest absolute Gasteiger partial charge is 0.243 e. The Hall–Kier alpha value is -3.82. The average molecular weight is 576 g/mol. The lowest BCUT2D eigenvalue weighted by Gasteiger charge is -2.32. The molecule has 5 aromatic rings. The van der Waals surface area contributed by atoms with Gasteiger partial charge in [0.25, 0.3) is 0 Å². The third kappa shape index (κ3) is 4.99. The van der Waals surface area contributed by atoms with Crippen LogP contribution in [0.4, 0.5) is 5.95 Å². The van der Waals surface area contributed by atoms with Crippen molar-refractivity contribution < 1.29 is 8.42 Å². The molecule has 12 heteroatoms. The van der Waals surface area contributed by atoms with Gasteiger partial charge in [0.2, 0.25) is 16.0 Å². The van der Waals surface area contributed by atoms with Crippen molar-refractivity contribution in [3.8, 4) is 28.7 Å². The minimum absolute atomic E-state index is 0.166. The molecular weight excluding hydrogens is 554 g/mol. The summed E-state index contributed by atoms with van der Waals surface area (Å²) >= 11 is 7.80. The van der Waals surface area contributed by atoms with Crippen LogP contribution in [0.1, 0.15) is 18.4 Å². The fraction of sp³-hybridized carbons (Fsp3) is 0.185. The molecule has 1 aliphatic rings. The Balaban J connectivity index is 1.27. The van der Waals surface area contributed by atoms with Crippen molar-refractivity contribution in [3.63, 3.8) is 0 Å². The van der Waals surface area contributed by atoms with Gasteiger partial charge in [-0.1, -0.05) is 23.7 Å². The first-order valence-electron chi connectivity index (χ1n) is 12.2. The Morgan fingerprint density at radius 2 is 1.97 bits per heavy atom. The van der Waals surface area contributed by atoms with Gasteiger partial charge in [0.1, 0.15) is 5.69 Å². The molecule has 0 bridgehead atoms. The molecule has 1 aliphatic heterocycles. The normalized spacial score (nSPS) is 16.3. The molecule has 39 heavy (non-hydrogen) atoms. The average Bonchev–Trinajstić information content (AvgIpc) is 3.55. The Bertz CT molecular complexity index is 1810. The summed E-state index contributed by atoms with van der Waals surface area (Å²) in [7, 11) is -3.69. The number of halogens is 1. The standard InChI is InChI=1S/C27H22ClN7O2S2/c28-20-4-1-3-19(15-20)24-25(35-13-14-38-27(35)33-24)23-10-11-30-26(32-23)31-21-5-2-12-34(17-21)39(36,37)22-8-6-18(16-29)7-9-22/h1,3-4,6-11,13-15,21H,2,5,12,17H2,(H,30,31,32)/t21-/m1/s1. The number of nitrogens with zero attached hydrogens (tertiary/aromatic N) is 6. The fourth-order valence-electron chi connectivity index (χ4n) is 4.74. The van der Waals surface area contributed by atoms with E-state index in [9.17, 15) is 8.42 Å². The second-order valence-corrected chi connectivity index (χ2v) is 12.4. The monoisotopic (exact) mass is 575 g/mol. The van der Waals surface area contributed by atoms with Crippen molar-refractivity contribution in [2.24, 2.45) is 0 Å². The zero-order valence-corrected chi connectivity index (χ0v) is 22.9. The number of imidazole rings is 1. The molecule has 0 aliphatic carbocycles. The van der Waals surface area contributed by atoms with Gasteiger partial charge >= 0.3 is 0 Å². The summed E-state index contributed by atoms with van der Waals surface area (Å²) in [5.74, 6) is 0.414. The number of nitriles is 1. The maximum atomic E-state index is 13.3. The van der Waals surface area contributed by atoms with E-state index in [1.807, 2.05) is 52.4 Å². The molecule has 0 unspecified atom stereocenters. The van der Waals surface area contributed by atoms with E-state index in [-0.39, 0.29) is 17.5 Å². The van der Waals surface area contributed by atoms with E-state index in [0.29, 0.717) is 35.2 Å². The largest absolute Gasteiger partial charge is 0.350 e. The summed E-state index contributed by atoms with van der Waals surface area (Å²) in [6.45, 7) is 0.710. The second kappa shape index (κ2) is 10.4. The number of benzene rings is 2. The molecule has 1 saturated heterocycles. The van der Waals surface area contributed by atoms with Crippen LogP contribution in [0.25, 0.3) is 27.6 Å². The quantitative estimate of drug-likeness (QED) is 0.291. The topological polar surface area (TPSA) is 116 Å². The van der Waals surface area contributed by atoms with Gasteiger partial charge in [0, 0.05) is 47.5 Å². The van der Waals surface area contributed by atoms with E-state index in [1.54, 1.807) is 6.20 Å². The van der Waals surface area contributed by atoms with Gasteiger partial charge in [-0.25, -0.2) is 23.4 Å². The van der Waals surface area contributed by atoms with Crippen LogP contribution < -0.4 is 5.32 Å². The lowest BCUT2D eigenvalue weighted by Crippen LogP contribution is -2.45. The Morgan fingerprint density at radius 3 is 2.77 bits per heavy atom. The van der Waals surface area contributed by atoms with Crippen LogP contribution in [0.5, 0.6) is 0 Å². The number of fused-ring (bicyclic) bond motifs is 1. The highest BCUT2D eigenvalue weighted by atomic mass is 35.5. The van der Waals surface area contributed by atoms with Crippen molar-refractivity contribution in [1.29, 1.82) is 5.26 Å². The van der Waals surface area contributed by atoms with Crippen LogP contribution in [-0.2, 0) is 10.0 Å². The van der Waals surface area contributed by atoms with Crippen LogP contribution >= 0.6 is 22.9 Å². The van der Waals surface area contributed by atoms with Crippen LogP contribution in [0.3, 0.4) is 0 Å². The molecule has 0 amide bonds. The molecule has 9 nitrogen and oxygen atoms in total. The number of anilines is 1. The number of piperidine rings is 1. The summed E-state index contributed by atoms with van der Waals surface area (Å²) in [4.78, 5) is 15.1. The van der Waals surface area contributed by atoms with Gasteiger partial charge in [-0.15, -0.1) is 11.3 Å². The van der Waals surface area contributed by atoms with Crippen molar-refractivity contribution in [2.45, 2.75) is 23.8 Å². The lowest BCUT2D eigenvalue weighted by atomic mass is 10.1. The molecule has 0 spiro atoms. The highest BCUT2D eigenvalue weighted by molar-refractivity contribution is 7.89. The van der Waals surface area contributed by atoms with E-state index >= 15 is 0 Å². The van der Waals surface area contributed by atoms with Gasteiger partial charge in [-0.2, -0.15) is 9.57 Å². The Kier molecular flexibility index (Phi) is 6.78. The van der Waals surface area contributed by atoms with Gasteiger partial charge < -0.3 is 5.32 Å². The zero-order valence-electron chi connectivity index (χ0n) is 20.5. The molecule has 0 saturated carbocycles. The van der Waals surface area contributed by atoms with E-state index in [4.69, 9.17) is 26.8 Å². The summed E-state index contributed by atoms with van der Waals surface area (Å²) in [6, 6.07) is 17.2. The van der Waals surface area contributed by atoms with Crippen LogP contribution in [-0.4, -0.2) is 51.2 Å². The second-order valence-electron chi connectivity index (χ2n) is 9.12. The Labute approximate surface area is 234 Å². The number of sulfonamides is 1.